The average molecular weight is 428 g/mol. The number of benzene rings is 3. The summed E-state index contributed by atoms with van der Waals surface area (Å²) < 4.78 is 0. The SMILES string of the molecule is C[C@H]1C2Cc3ccc(SC(=O)c4ccccc4)cc3[C@]1(C)CCN2Cc1ccccc1. The van der Waals surface area contributed by atoms with Crippen LogP contribution in [0.2, 0.25) is 0 Å². The third-order valence-corrected chi connectivity index (χ3v) is 8.45. The molecule has 2 aliphatic rings. The topological polar surface area (TPSA) is 20.3 Å². The first-order valence-corrected chi connectivity index (χ1v) is 12.0. The van der Waals surface area contributed by atoms with Crippen LogP contribution >= 0.6 is 11.8 Å². The van der Waals surface area contributed by atoms with Gasteiger partial charge >= 0.3 is 0 Å². The molecule has 0 amide bonds. The maximum atomic E-state index is 12.7. The van der Waals surface area contributed by atoms with Crippen LogP contribution in [-0.2, 0) is 18.4 Å². The zero-order valence-corrected chi connectivity index (χ0v) is 19.1. The Kier molecular flexibility index (Phi) is 5.49. The normalized spacial score (nSPS) is 25.1. The number of rotatable bonds is 4. The molecule has 0 N–H and O–H groups in total. The van der Waals surface area contributed by atoms with E-state index in [1.165, 1.54) is 28.5 Å². The molecule has 5 rings (SSSR count). The molecule has 0 spiro atoms. The number of fused-ring (bicyclic) bond motifs is 4. The van der Waals surface area contributed by atoms with Crippen molar-refractivity contribution in [3.05, 3.63) is 101 Å². The summed E-state index contributed by atoms with van der Waals surface area (Å²) in [4.78, 5) is 16.5. The summed E-state index contributed by atoms with van der Waals surface area (Å²) in [6, 6.07) is 27.7. The molecule has 0 radical (unpaired) electrons. The minimum atomic E-state index is 0.116. The van der Waals surface area contributed by atoms with E-state index in [-0.39, 0.29) is 10.5 Å². The minimum absolute atomic E-state index is 0.116. The van der Waals surface area contributed by atoms with Crippen LogP contribution in [0.15, 0.2) is 83.8 Å². The molecule has 0 saturated carbocycles. The zero-order chi connectivity index (χ0) is 21.4. The summed E-state index contributed by atoms with van der Waals surface area (Å²) in [5, 5.41) is 0.116. The zero-order valence-electron chi connectivity index (χ0n) is 18.3. The number of hydrogen-bond acceptors (Lipinski definition) is 3. The summed E-state index contributed by atoms with van der Waals surface area (Å²) in [7, 11) is 0. The second kappa shape index (κ2) is 8.29. The molecule has 1 aliphatic heterocycles. The van der Waals surface area contributed by atoms with Gasteiger partial charge in [0.15, 0.2) is 0 Å². The number of piperidine rings is 1. The Hall–Kier alpha value is -2.36. The van der Waals surface area contributed by atoms with Crippen LogP contribution in [0, 0.1) is 5.92 Å². The second-order valence-corrected chi connectivity index (χ2v) is 10.3. The Morgan fingerprint density at radius 1 is 1.03 bits per heavy atom. The minimum Gasteiger partial charge on any atom is -0.295 e. The number of carbonyl (C=O) groups excluding carboxylic acids is 1. The Morgan fingerprint density at radius 3 is 2.48 bits per heavy atom. The van der Waals surface area contributed by atoms with Crippen LogP contribution in [0.25, 0.3) is 0 Å². The van der Waals surface area contributed by atoms with Crippen molar-refractivity contribution in [1.29, 1.82) is 0 Å². The van der Waals surface area contributed by atoms with E-state index in [0.717, 1.165) is 36.4 Å². The number of thioether (sulfide) groups is 1. The van der Waals surface area contributed by atoms with Crippen molar-refractivity contribution >= 4 is 16.9 Å². The second-order valence-electron chi connectivity index (χ2n) is 9.26. The van der Waals surface area contributed by atoms with Gasteiger partial charge in [0.1, 0.15) is 0 Å². The van der Waals surface area contributed by atoms with E-state index in [1.807, 2.05) is 30.3 Å². The molecule has 0 aromatic heterocycles. The lowest BCUT2D eigenvalue weighted by atomic mass is 9.59. The monoisotopic (exact) mass is 427 g/mol. The van der Waals surface area contributed by atoms with Crippen LogP contribution in [0.1, 0.15) is 47.3 Å². The molecule has 1 unspecified atom stereocenters. The van der Waals surface area contributed by atoms with Gasteiger partial charge < -0.3 is 0 Å². The fourth-order valence-corrected chi connectivity index (χ4v) is 6.29. The third kappa shape index (κ3) is 3.86. The lowest BCUT2D eigenvalue weighted by Crippen LogP contribution is -2.57. The maximum Gasteiger partial charge on any atom is 0.224 e. The van der Waals surface area contributed by atoms with Crippen LogP contribution < -0.4 is 0 Å². The first kappa shape index (κ1) is 20.5. The number of nitrogens with zero attached hydrogens (tertiary/aromatic N) is 1. The molecule has 158 valence electrons. The van der Waals surface area contributed by atoms with Gasteiger partial charge in [-0.05, 0) is 71.3 Å². The lowest BCUT2D eigenvalue weighted by molar-refractivity contribution is 0.0258. The van der Waals surface area contributed by atoms with Gasteiger partial charge in [0.25, 0.3) is 0 Å². The van der Waals surface area contributed by atoms with Gasteiger partial charge in [-0.1, -0.05) is 80.6 Å². The van der Waals surface area contributed by atoms with Gasteiger partial charge in [-0.3, -0.25) is 9.69 Å². The van der Waals surface area contributed by atoms with Gasteiger partial charge in [0.05, 0.1) is 0 Å². The predicted octanol–water partition coefficient (Wildman–Crippen LogP) is 6.34. The van der Waals surface area contributed by atoms with E-state index < -0.39 is 0 Å². The van der Waals surface area contributed by atoms with Crippen LogP contribution in [0.4, 0.5) is 0 Å². The maximum absolute atomic E-state index is 12.7. The lowest BCUT2D eigenvalue weighted by Gasteiger charge is -2.54. The number of hydrogen-bond donors (Lipinski definition) is 0. The summed E-state index contributed by atoms with van der Waals surface area (Å²) in [6.07, 6.45) is 2.25. The van der Waals surface area contributed by atoms with Crippen LogP contribution in [0.5, 0.6) is 0 Å². The molecule has 1 heterocycles. The van der Waals surface area contributed by atoms with Crippen molar-refractivity contribution in [2.24, 2.45) is 5.92 Å². The summed E-state index contributed by atoms with van der Waals surface area (Å²) >= 11 is 1.35. The summed E-state index contributed by atoms with van der Waals surface area (Å²) in [6.45, 7) is 7.02. The highest BCUT2D eigenvalue weighted by atomic mass is 32.2. The van der Waals surface area contributed by atoms with Crippen molar-refractivity contribution in [3.63, 3.8) is 0 Å². The molecule has 3 aromatic carbocycles. The molecule has 3 atom stereocenters. The van der Waals surface area contributed by atoms with E-state index >= 15 is 0 Å². The van der Waals surface area contributed by atoms with E-state index in [2.05, 4.69) is 67.3 Å². The van der Waals surface area contributed by atoms with Crippen molar-refractivity contribution < 1.29 is 4.79 Å². The van der Waals surface area contributed by atoms with Crippen LogP contribution in [-0.4, -0.2) is 22.6 Å². The molecule has 31 heavy (non-hydrogen) atoms. The summed E-state index contributed by atoms with van der Waals surface area (Å²) in [5.41, 5.74) is 5.24. The van der Waals surface area contributed by atoms with E-state index in [9.17, 15) is 4.79 Å². The van der Waals surface area contributed by atoms with Crippen LogP contribution in [0.3, 0.4) is 0 Å². The molecule has 1 fully saturated rings. The third-order valence-electron chi connectivity index (χ3n) is 7.54. The van der Waals surface area contributed by atoms with E-state index in [0.29, 0.717) is 12.0 Å². The van der Waals surface area contributed by atoms with Gasteiger partial charge in [-0.25, -0.2) is 0 Å². The van der Waals surface area contributed by atoms with Crippen molar-refractivity contribution in [3.8, 4) is 0 Å². The molecule has 1 aliphatic carbocycles. The Morgan fingerprint density at radius 2 is 1.74 bits per heavy atom. The Bertz CT molecular complexity index is 1080. The number of likely N-dealkylation sites (tertiary alicyclic amines) is 1. The standard InChI is InChI=1S/C28H29NOS/c1-20-26-17-23-13-14-24(31-27(30)22-11-7-4-8-12-22)18-25(23)28(20,2)15-16-29(26)19-21-9-5-3-6-10-21/h3-14,18,20,26H,15-17,19H2,1-2H3/t20-,26?,28+/m0/s1. The quantitative estimate of drug-likeness (QED) is 0.453. The number of carbonyl (C=O) groups is 1. The molecular weight excluding hydrogens is 398 g/mol. The molecule has 3 heteroatoms. The highest BCUT2D eigenvalue weighted by molar-refractivity contribution is 8.14. The average Bonchev–Trinajstić information content (AvgIpc) is 2.80. The van der Waals surface area contributed by atoms with Crippen molar-refractivity contribution in [2.45, 2.75) is 49.6 Å². The van der Waals surface area contributed by atoms with Crippen molar-refractivity contribution in [1.82, 2.24) is 4.90 Å². The molecule has 1 saturated heterocycles. The molecule has 3 aromatic rings. The van der Waals surface area contributed by atoms with E-state index in [4.69, 9.17) is 0 Å². The van der Waals surface area contributed by atoms with Gasteiger partial charge in [0.2, 0.25) is 5.12 Å². The largest absolute Gasteiger partial charge is 0.295 e. The molecular formula is C28H29NOS. The fraction of sp³-hybridized carbons (Fsp3) is 0.321. The Labute approximate surface area is 189 Å². The highest BCUT2D eigenvalue weighted by Gasteiger charge is 2.48. The molecule has 2 nitrogen and oxygen atoms in total. The Balaban J connectivity index is 1.40. The van der Waals surface area contributed by atoms with Gasteiger partial charge in [-0.2, -0.15) is 0 Å². The summed E-state index contributed by atoms with van der Waals surface area (Å²) in [5.74, 6) is 0.586. The van der Waals surface area contributed by atoms with Gasteiger partial charge in [-0.15, -0.1) is 0 Å². The predicted molar refractivity (Wildman–Crippen MR) is 129 cm³/mol. The first-order chi connectivity index (χ1) is 15.0. The fourth-order valence-electron chi connectivity index (χ4n) is 5.50. The highest BCUT2D eigenvalue weighted by Crippen LogP contribution is 2.49. The van der Waals surface area contributed by atoms with Crippen molar-refractivity contribution in [2.75, 3.05) is 6.54 Å². The molecule has 2 bridgehead atoms. The van der Waals surface area contributed by atoms with E-state index in [1.54, 1.807) is 0 Å². The first-order valence-electron chi connectivity index (χ1n) is 11.2. The smallest absolute Gasteiger partial charge is 0.224 e. The van der Waals surface area contributed by atoms with Gasteiger partial charge in [0, 0.05) is 23.0 Å².